The highest BCUT2D eigenvalue weighted by molar-refractivity contribution is 5.94. The number of hydrogen-bond donors (Lipinski definition) is 1. The molecular weight excluding hydrogens is 352 g/mol. The standard InChI is InChI=1S/C21H22N6O/c1-14(2)19(20-22-13-23-26(20)3)25-21(28)16-9-10-18-24-17(12-27(18)11-16)15-7-5-4-6-8-15/h4-14,19H,1-3H3,(H,25,28). The zero-order chi connectivity index (χ0) is 19.7. The second-order valence-electron chi connectivity index (χ2n) is 7.11. The summed E-state index contributed by atoms with van der Waals surface area (Å²) in [6.07, 6.45) is 5.24. The van der Waals surface area contributed by atoms with E-state index in [1.165, 1.54) is 6.33 Å². The maximum Gasteiger partial charge on any atom is 0.253 e. The highest BCUT2D eigenvalue weighted by atomic mass is 16.1. The summed E-state index contributed by atoms with van der Waals surface area (Å²) < 4.78 is 3.57. The van der Waals surface area contributed by atoms with Crippen molar-refractivity contribution in [2.45, 2.75) is 19.9 Å². The molecule has 0 radical (unpaired) electrons. The number of pyridine rings is 1. The summed E-state index contributed by atoms with van der Waals surface area (Å²) >= 11 is 0. The van der Waals surface area contributed by atoms with E-state index in [2.05, 4.69) is 20.4 Å². The predicted octanol–water partition coefficient (Wildman–Crippen LogP) is 3.26. The molecule has 7 nitrogen and oxygen atoms in total. The lowest BCUT2D eigenvalue weighted by molar-refractivity contribution is 0.0921. The molecule has 1 N–H and O–H groups in total. The third-order valence-corrected chi connectivity index (χ3v) is 4.76. The summed E-state index contributed by atoms with van der Waals surface area (Å²) in [5.41, 5.74) is 3.28. The summed E-state index contributed by atoms with van der Waals surface area (Å²) in [7, 11) is 1.83. The first-order chi connectivity index (χ1) is 13.5. The van der Waals surface area contributed by atoms with Crippen LogP contribution in [0.1, 0.15) is 36.1 Å². The quantitative estimate of drug-likeness (QED) is 0.582. The molecule has 0 saturated carbocycles. The van der Waals surface area contributed by atoms with Gasteiger partial charge >= 0.3 is 0 Å². The van der Waals surface area contributed by atoms with Gasteiger partial charge in [-0.15, -0.1) is 0 Å². The number of rotatable bonds is 5. The van der Waals surface area contributed by atoms with Crippen LogP contribution in [-0.4, -0.2) is 30.1 Å². The first-order valence-electron chi connectivity index (χ1n) is 9.22. The normalized spacial score (nSPS) is 12.4. The minimum absolute atomic E-state index is 0.154. The summed E-state index contributed by atoms with van der Waals surface area (Å²) in [5, 5.41) is 7.20. The number of carbonyl (C=O) groups is 1. The molecule has 0 aliphatic rings. The number of imidazole rings is 1. The molecule has 4 rings (SSSR count). The van der Waals surface area contributed by atoms with E-state index >= 15 is 0 Å². The van der Waals surface area contributed by atoms with Gasteiger partial charge in [0.1, 0.15) is 17.8 Å². The van der Waals surface area contributed by atoms with Crippen LogP contribution in [0, 0.1) is 5.92 Å². The Morgan fingerprint density at radius 1 is 1.07 bits per heavy atom. The Balaban J connectivity index is 1.61. The highest BCUT2D eigenvalue weighted by Gasteiger charge is 2.23. The van der Waals surface area contributed by atoms with Gasteiger partial charge in [-0.2, -0.15) is 5.10 Å². The van der Waals surface area contributed by atoms with Crippen molar-refractivity contribution in [2.75, 3.05) is 0 Å². The van der Waals surface area contributed by atoms with Crippen LogP contribution in [0.4, 0.5) is 0 Å². The third-order valence-electron chi connectivity index (χ3n) is 4.76. The number of amides is 1. The number of aryl methyl sites for hydroxylation is 1. The molecule has 7 heteroatoms. The van der Waals surface area contributed by atoms with Crippen molar-refractivity contribution in [2.24, 2.45) is 13.0 Å². The number of fused-ring (bicyclic) bond motifs is 1. The number of benzene rings is 1. The van der Waals surface area contributed by atoms with E-state index in [0.717, 1.165) is 22.7 Å². The lowest BCUT2D eigenvalue weighted by Gasteiger charge is -2.21. The fourth-order valence-electron chi connectivity index (χ4n) is 3.21. The van der Waals surface area contributed by atoms with E-state index in [-0.39, 0.29) is 17.9 Å². The lowest BCUT2D eigenvalue weighted by atomic mass is 10.0. The Morgan fingerprint density at radius 2 is 1.86 bits per heavy atom. The van der Waals surface area contributed by atoms with Crippen molar-refractivity contribution >= 4 is 11.6 Å². The highest BCUT2D eigenvalue weighted by Crippen LogP contribution is 2.21. The van der Waals surface area contributed by atoms with Crippen LogP contribution in [0.25, 0.3) is 16.9 Å². The van der Waals surface area contributed by atoms with Crippen LogP contribution in [0.15, 0.2) is 61.2 Å². The Kier molecular flexibility index (Phi) is 4.65. The van der Waals surface area contributed by atoms with Crippen molar-refractivity contribution in [1.29, 1.82) is 0 Å². The fourth-order valence-corrected chi connectivity index (χ4v) is 3.21. The molecule has 142 valence electrons. The van der Waals surface area contributed by atoms with Crippen molar-refractivity contribution < 1.29 is 4.79 Å². The van der Waals surface area contributed by atoms with E-state index < -0.39 is 0 Å². The minimum Gasteiger partial charge on any atom is -0.342 e. The van der Waals surface area contributed by atoms with Gasteiger partial charge < -0.3 is 9.72 Å². The van der Waals surface area contributed by atoms with Crippen LogP contribution < -0.4 is 5.32 Å². The van der Waals surface area contributed by atoms with Crippen LogP contribution in [0.2, 0.25) is 0 Å². The first kappa shape index (κ1) is 17.9. The van der Waals surface area contributed by atoms with Crippen molar-refractivity contribution in [1.82, 2.24) is 29.5 Å². The number of aromatic nitrogens is 5. The monoisotopic (exact) mass is 374 g/mol. The number of nitrogens with one attached hydrogen (secondary N) is 1. The average Bonchev–Trinajstić information content (AvgIpc) is 3.31. The SMILES string of the molecule is CC(C)C(NC(=O)c1ccc2nc(-c3ccccc3)cn2c1)c1ncnn1C. The van der Waals surface area contributed by atoms with E-state index in [4.69, 9.17) is 0 Å². The maximum absolute atomic E-state index is 12.9. The molecule has 1 unspecified atom stereocenters. The zero-order valence-electron chi connectivity index (χ0n) is 16.1. The molecule has 0 aliphatic heterocycles. The topological polar surface area (TPSA) is 77.1 Å². The van der Waals surface area contributed by atoms with Gasteiger partial charge in [-0.3, -0.25) is 9.48 Å². The van der Waals surface area contributed by atoms with E-state index in [0.29, 0.717) is 5.56 Å². The molecule has 3 aromatic heterocycles. The number of carbonyl (C=O) groups excluding carboxylic acids is 1. The molecule has 28 heavy (non-hydrogen) atoms. The zero-order valence-corrected chi connectivity index (χ0v) is 16.1. The summed E-state index contributed by atoms with van der Waals surface area (Å²) in [6, 6.07) is 13.4. The second kappa shape index (κ2) is 7.26. The van der Waals surface area contributed by atoms with Crippen LogP contribution in [-0.2, 0) is 7.05 Å². The molecule has 0 aliphatic carbocycles. The Hall–Kier alpha value is -3.48. The molecule has 3 heterocycles. The molecular formula is C21H22N6O. The van der Waals surface area contributed by atoms with Crippen LogP contribution in [0.3, 0.4) is 0 Å². The van der Waals surface area contributed by atoms with Crippen molar-refractivity contribution in [3.05, 3.63) is 72.6 Å². The van der Waals surface area contributed by atoms with Gasteiger partial charge in [0.2, 0.25) is 0 Å². The first-order valence-corrected chi connectivity index (χ1v) is 9.22. The fraction of sp³-hybridized carbons (Fsp3) is 0.238. The summed E-state index contributed by atoms with van der Waals surface area (Å²) in [6.45, 7) is 4.09. The van der Waals surface area contributed by atoms with Gasteiger partial charge in [-0.1, -0.05) is 44.2 Å². The number of hydrogen-bond acceptors (Lipinski definition) is 4. The average molecular weight is 374 g/mol. The Labute approximate surface area is 163 Å². The lowest BCUT2D eigenvalue weighted by Crippen LogP contribution is -2.33. The molecule has 0 bridgehead atoms. The smallest absolute Gasteiger partial charge is 0.253 e. The largest absolute Gasteiger partial charge is 0.342 e. The Morgan fingerprint density at radius 3 is 2.54 bits per heavy atom. The molecule has 0 fully saturated rings. The van der Waals surface area contributed by atoms with Gasteiger partial charge in [-0.05, 0) is 18.1 Å². The van der Waals surface area contributed by atoms with Crippen LogP contribution >= 0.6 is 0 Å². The van der Waals surface area contributed by atoms with Crippen molar-refractivity contribution in [3.8, 4) is 11.3 Å². The Bertz CT molecular complexity index is 1110. The van der Waals surface area contributed by atoms with Gasteiger partial charge in [0.25, 0.3) is 5.91 Å². The number of nitrogens with zero attached hydrogens (tertiary/aromatic N) is 5. The molecule has 1 aromatic carbocycles. The van der Waals surface area contributed by atoms with Gasteiger partial charge in [0.15, 0.2) is 0 Å². The van der Waals surface area contributed by atoms with E-state index in [1.807, 2.05) is 67.9 Å². The van der Waals surface area contributed by atoms with Gasteiger partial charge in [-0.25, -0.2) is 9.97 Å². The molecule has 1 atom stereocenters. The van der Waals surface area contributed by atoms with Crippen molar-refractivity contribution in [3.63, 3.8) is 0 Å². The second-order valence-corrected chi connectivity index (χ2v) is 7.11. The van der Waals surface area contributed by atoms with Gasteiger partial charge in [0.05, 0.1) is 17.3 Å². The van der Waals surface area contributed by atoms with E-state index in [1.54, 1.807) is 16.9 Å². The van der Waals surface area contributed by atoms with Crippen LogP contribution in [0.5, 0.6) is 0 Å². The van der Waals surface area contributed by atoms with Gasteiger partial charge in [0, 0.05) is 25.0 Å². The third kappa shape index (κ3) is 3.38. The molecule has 0 spiro atoms. The maximum atomic E-state index is 12.9. The minimum atomic E-state index is -0.224. The molecule has 4 aromatic rings. The summed E-state index contributed by atoms with van der Waals surface area (Å²) in [4.78, 5) is 21.8. The molecule has 0 saturated heterocycles. The van der Waals surface area contributed by atoms with E-state index in [9.17, 15) is 4.79 Å². The predicted molar refractivity (Wildman–Crippen MR) is 107 cm³/mol. The molecule has 1 amide bonds. The summed E-state index contributed by atoms with van der Waals surface area (Å²) in [5.74, 6) is 0.755.